The van der Waals surface area contributed by atoms with Crippen LogP contribution in [0.3, 0.4) is 0 Å². The van der Waals surface area contributed by atoms with Gasteiger partial charge < -0.3 is 10.2 Å². The van der Waals surface area contributed by atoms with Gasteiger partial charge in [0.2, 0.25) is 0 Å². The fourth-order valence-corrected chi connectivity index (χ4v) is 2.91. The standard InChI is InChI=1S/C19H17NO4/c1-2-15(22)16-17(12-8-10-14(21)11-9-12)20(19(24)18(16)23)13-6-4-3-5-7-13/h3-11,17,21,23H,2H2,1H3. The first-order valence-electron chi connectivity index (χ1n) is 7.68. The van der Waals surface area contributed by atoms with Gasteiger partial charge in [-0.3, -0.25) is 14.5 Å². The molecule has 0 saturated heterocycles. The topological polar surface area (TPSA) is 77.8 Å². The summed E-state index contributed by atoms with van der Waals surface area (Å²) in [7, 11) is 0. The Morgan fingerprint density at radius 1 is 1.04 bits per heavy atom. The van der Waals surface area contributed by atoms with E-state index >= 15 is 0 Å². The number of amides is 1. The third-order valence-electron chi connectivity index (χ3n) is 4.07. The Labute approximate surface area is 139 Å². The highest BCUT2D eigenvalue weighted by molar-refractivity contribution is 6.16. The number of nitrogens with zero attached hydrogens (tertiary/aromatic N) is 1. The molecule has 1 aliphatic heterocycles. The van der Waals surface area contributed by atoms with Crippen molar-refractivity contribution in [1.82, 2.24) is 0 Å². The number of rotatable bonds is 4. The third kappa shape index (κ3) is 2.54. The maximum Gasteiger partial charge on any atom is 0.294 e. The van der Waals surface area contributed by atoms with E-state index in [0.29, 0.717) is 11.3 Å². The van der Waals surface area contributed by atoms with E-state index in [1.54, 1.807) is 43.3 Å². The molecule has 3 rings (SSSR count). The molecule has 0 spiro atoms. The number of benzene rings is 2. The number of hydrogen-bond donors (Lipinski definition) is 2. The summed E-state index contributed by atoms with van der Waals surface area (Å²) < 4.78 is 0. The van der Waals surface area contributed by atoms with Gasteiger partial charge in [-0.25, -0.2) is 0 Å². The van der Waals surface area contributed by atoms with Gasteiger partial charge in [0.1, 0.15) is 5.75 Å². The quantitative estimate of drug-likeness (QED) is 0.905. The van der Waals surface area contributed by atoms with Crippen LogP contribution in [0.4, 0.5) is 5.69 Å². The number of ketones is 1. The van der Waals surface area contributed by atoms with Crippen LogP contribution in [-0.2, 0) is 9.59 Å². The average Bonchev–Trinajstić information content (AvgIpc) is 2.87. The first-order valence-corrected chi connectivity index (χ1v) is 7.68. The third-order valence-corrected chi connectivity index (χ3v) is 4.07. The molecule has 0 saturated carbocycles. The van der Waals surface area contributed by atoms with Crippen LogP contribution in [0.1, 0.15) is 24.9 Å². The van der Waals surface area contributed by atoms with Crippen molar-refractivity contribution in [2.45, 2.75) is 19.4 Å². The lowest BCUT2D eigenvalue weighted by atomic mass is 9.95. The molecule has 1 atom stereocenters. The van der Waals surface area contributed by atoms with E-state index in [-0.39, 0.29) is 23.5 Å². The number of para-hydroxylation sites is 1. The maximum atomic E-state index is 12.6. The number of anilines is 1. The Morgan fingerprint density at radius 2 is 1.67 bits per heavy atom. The van der Waals surface area contributed by atoms with E-state index < -0.39 is 17.7 Å². The molecule has 0 aliphatic carbocycles. The van der Waals surface area contributed by atoms with Gasteiger partial charge in [0.15, 0.2) is 11.5 Å². The summed E-state index contributed by atoms with van der Waals surface area (Å²) in [6.07, 6.45) is 0.184. The Balaban J connectivity index is 2.17. The molecule has 5 heteroatoms. The van der Waals surface area contributed by atoms with Crippen LogP contribution in [0.15, 0.2) is 65.9 Å². The molecule has 2 N–H and O–H groups in total. The number of carbonyl (C=O) groups excluding carboxylic acids is 2. The maximum absolute atomic E-state index is 12.6. The molecule has 2 aromatic carbocycles. The van der Waals surface area contributed by atoms with Crippen LogP contribution < -0.4 is 4.90 Å². The smallest absolute Gasteiger partial charge is 0.294 e. The van der Waals surface area contributed by atoms with Gasteiger partial charge in [0.25, 0.3) is 5.91 Å². The van der Waals surface area contributed by atoms with Gasteiger partial charge in [0.05, 0.1) is 11.6 Å². The van der Waals surface area contributed by atoms with E-state index in [1.165, 1.54) is 17.0 Å². The number of aromatic hydroxyl groups is 1. The van der Waals surface area contributed by atoms with Gasteiger partial charge in [-0.15, -0.1) is 0 Å². The second-order valence-electron chi connectivity index (χ2n) is 5.54. The van der Waals surface area contributed by atoms with Gasteiger partial charge in [-0.2, -0.15) is 0 Å². The Kier molecular flexibility index (Phi) is 4.08. The molecule has 1 unspecified atom stereocenters. The zero-order chi connectivity index (χ0) is 17.3. The van der Waals surface area contributed by atoms with Gasteiger partial charge in [-0.1, -0.05) is 37.3 Å². The van der Waals surface area contributed by atoms with Gasteiger partial charge in [-0.05, 0) is 29.8 Å². The van der Waals surface area contributed by atoms with Crippen molar-refractivity contribution in [2.75, 3.05) is 4.90 Å². The molecule has 0 radical (unpaired) electrons. The van der Waals surface area contributed by atoms with Crippen molar-refractivity contribution >= 4 is 17.4 Å². The number of phenolic OH excluding ortho intramolecular Hbond substituents is 1. The molecule has 1 heterocycles. The predicted octanol–water partition coefficient (Wildman–Crippen LogP) is 3.27. The predicted molar refractivity (Wildman–Crippen MR) is 89.7 cm³/mol. The van der Waals surface area contributed by atoms with Crippen molar-refractivity contribution in [3.8, 4) is 5.75 Å². The van der Waals surface area contributed by atoms with E-state index in [0.717, 1.165) is 0 Å². The largest absolute Gasteiger partial charge is 0.508 e. The fraction of sp³-hybridized carbons (Fsp3) is 0.158. The van der Waals surface area contributed by atoms with Crippen molar-refractivity contribution < 1.29 is 19.8 Å². The normalized spacial score (nSPS) is 17.5. The van der Waals surface area contributed by atoms with Crippen LogP contribution in [0, 0.1) is 0 Å². The SMILES string of the molecule is CCC(=O)C1=C(O)C(=O)N(c2ccccc2)C1c1ccc(O)cc1. The molecule has 2 aromatic rings. The second-order valence-corrected chi connectivity index (χ2v) is 5.54. The van der Waals surface area contributed by atoms with Crippen LogP contribution in [0.25, 0.3) is 0 Å². The lowest BCUT2D eigenvalue weighted by Crippen LogP contribution is -2.30. The summed E-state index contributed by atoms with van der Waals surface area (Å²) in [5.41, 5.74) is 1.33. The lowest BCUT2D eigenvalue weighted by Gasteiger charge is -2.26. The van der Waals surface area contributed by atoms with Crippen molar-refractivity contribution in [2.24, 2.45) is 0 Å². The molecular formula is C19H17NO4. The highest BCUT2D eigenvalue weighted by Gasteiger charge is 2.43. The first-order chi connectivity index (χ1) is 11.5. The van der Waals surface area contributed by atoms with Gasteiger partial charge >= 0.3 is 0 Å². The minimum absolute atomic E-state index is 0.0888. The second kappa shape index (κ2) is 6.20. The summed E-state index contributed by atoms with van der Waals surface area (Å²) in [6, 6.07) is 14.4. The minimum atomic E-state index is -0.715. The Bertz CT molecular complexity index is 809. The molecule has 122 valence electrons. The van der Waals surface area contributed by atoms with Crippen LogP contribution in [0.5, 0.6) is 5.75 Å². The number of aliphatic hydroxyl groups is 1. The monoisotopic (exact) mass is 323 g/mol. The molecular weight excluding hydrogens is 306 g/mol. The molecule has 0 fully saturated rings. The molecule has 24 heavy (non-hydrogen) atoms. The van der Waals surface area contributed by atoms with Crippen LogP contribution >= 0.6 is 0 Å². The summed E-state index contributed by atoms with van der Waals surface area (Å²) in [5.74, 6) is -1.30. The molecule has 0 bridgehead atoms. The van der Waals surface area contributed by atoms with Crippen molar-refractivity contribution in [3.05, 3.63) is 71.5 Å². The summed E-state index contributed by atoms with van der Waals surface area (Å²) in [5, 5.41) is 19.8. The Morgan fingerprint density at radius 3 is 2.25 bits per heavy atom. The summed E-state index contributed by atoms with van der Waals surface area (Å²) in [6.45, 7) is 1.69. The van der Waals surface area contributed by atoms with Crippen LogP contribution in [-0.4, -0.2) is 21.9 Å². The number of carbonyl (C=O) groups is 2. The highest BCUT2D eigenvalue weighted by Crippen LogP contribution is 2.41. The van der Waals surface area contributed by atoms with Crippen molar-refractivity contribution in [1.29, 1.82) is 0 Å². The number of phenols is 1. The lowest BCUT2D eigenvalue weighted by molar-refractivity contribution is -0.118. The highest BCUT2D eigenvalue weighted by atomic mass is 16.3. The van der Waals surface area contributed by atoms with Crippen LogP contribution in [0.2, 0.25) is 0 Å². The number of hydrogen-bond acceptors (Lipinski definition) is 4. The molecule has 5 nitrogen and oxygen atoms in total. The fourth-order valence-electron chi connectivity index (χ4n) is 2.91. The average molecular weight is 323 g/mol. The zero-order valence-electron chi connectivity index (χ0n) is 13.1. The van der Waals surface area contributed by atoms with E-state index in [2.05, 4.69) is 0 Å². The number of aliphatic hydroxyl groups excluding tert-OH is 1. The molecule has 0 aromatic heterocycles. The van der Waals surface area contributed by atoms with Gasteiger partial charge in [0, 0.05) is 12.1 Å². The molecule has 1 aliphatic rings. The number of Topliss-reactive ketones (excluding diaryl/α,β-unsaturated/α-hetero) is 1. The van der Waals surface area contributed by atoms with Crippen molar-refractivity contribution in [3.63, 3.8) is 0 Å². The molecule has 1 amide bonds. The van der Waals surface area contributed by atoms with E-state index in [1.807, 2.05) is 6.07 Å². The Hall–Kier alpha value is -3.08. The first kappa shape index (κ1) is 15.8. The van der Waals surface area contributed by atoms with E-state index in [9.17, 15) is 19.8 Å². The minimum Gasteiger partial charge on any atom is -0.508 e. The summed E-state index contributed by atoms with van der Waals surface area (Å²) >= 11 is 0. The van der Waals surface area contributed by atoms with E-state index in [4.69, 9.17) is 0 Å². The summed E-state index contributed by atoms with van der Waals surface area (Å²) in [4.78, 5) is 26.4. The zero-order valence-corrected chi connectivity index (χ0v) is 13.1.